The molecule has 132 valence electrons. The average Bonchev–Trinajstić information content (AvgIpc) is 3.18. The van der Waals surface area contributed by atoms with Crippen molar-refractivity contribution in [1.29, 1.82) is 0 Å². The number of aromatic nitrogens is 2. The molecule has 1 aliphatic carbocycles. The molecule has 0 radical (unpaired) electrons. The van der Waals surface area contributed by atoms with Gasteiger partial charge in [-0.3, -0.25) is 4.79 Å². The molecule has 25 heavy (non-hydrogen) atoms. The summed E-state index contributed by atoms with van der Waals surface area (Å²) in [6, 6.07) is 5.25. The van der Waals surface area contributed by atoms with Gasteiger partial charge in [-0.2, -0.15) is 5.10 Å². The summed E-state index contributed by atoms with van der Waals surface area (Å²) in [5, 5.41) is 10.9. The van der Waals surface area contributed by atoms with Crippen molar-refractivity contribution in [3.63, 3.8) is 0 Å². The second-order valence-corrected chi connectivity index (χ2v) is 7.01. The lowest BCUT2D eigenvalue weighted by Crippen LogP contribution is -2.45. The molecule has 1 aliphatic heterocycles. The third kappa shape index (κ3) is 3.06. The largest absolute Gasteiger partial charge is 0.347 e. The maximum Gasteiger partial charge on any atom is 0.272 e. The van der Waals surface area contributed by atoms with E-state index in [9.17, 15) is 9.18 Å². The van der Waals surface area contributed by atoms with E-state index in [1.165, 1.54) is 6.07 Å². The topological polar surface area (TPSA) is 59.0 Å². The number of halogens is 1. The minimum atomic E-state index is -0.305. The standard InChI is InChI=1S/C19H23FN4O/c1-12-7-8-17(15(20)10-12)24-16-6-2-5-14(16)18(23-24)19(25)22-13-4-3-9-21-11-13/h7-8,10,13,21H,2-6,9,11H2,1H3,(H,22,25). The molecule has 1 atom stereocenters. The second-order valence-electron chi connectivity index (χ2n) is 7.01. The van der Waals surface area contributed by atoms with Crippen LogP contribution in [0.4, 0.5) is 4.39 Å². The molecule has 5 nitrogen and oxygen atoms in total. The number of rotatable bonds is 3. The van der Waals surface area contributed by atoms with Crippen LogP contribution in [0.1, 0.15) is 46.6 Å². The predicted molar refractivity (Wildman–Crippen MR) is 93.6 cm³/mol. The van der Waals surface area contributed by atoms with Crippen molar-refractivity contribution in [2.24, 2.45) is 0 Å². The lowest BCUT2D eigenvalue weighted by Gasteiger charge is -2.23. The molecule has 0 saturated carbocycles. The molecule has 1 fully saturated rings. The number of nitrogens with one attached hydrogen (secondary N) is 2. The van der Waals surface area contributed by atoms with E-state index in [-0.39, 0.29) is 17.8 Å². The maximum atomic E-state index is 14.4. The van der Waals surface area contributed by atoms with Crippen LogP contribution >= 0.6 is 0 Å². The van der Waals surface area contributed by atoms with Crippen molar-refractivity contribution in [1.82, 2.24) is 20.4 Å². The molecule has 1 aromatic carbocycles. The summed E-state index contributed by atoms with van der Waals surface area (Å²) in [5.41, 5.74) is 3.68. The van der Waals surface area contributed by atoms with Gasteiger partial charge in [-0.05, 0) is 63.3 Å². The molecule has 2 aromatic rings. The fourth-order valence-electron chi connectivity index (χ4n) is 3.83. The number of nitrogens with zero attached hydrogens (tertiary/aromatic N) is 2. The second kappa shape index (κ2) is 6.59. The van der Waals surface area contributed by atoms with Gasteiger partial charge in [0.25, 0.3) is 5.91 Å². The zero-order valence-electron chi connectivity index (χ0n) is 14.4. The number of hydrogen-bond acceptors (Lipinski definition) is 3. The summed E-state index contributed by atoms with van der Waals surface area (Å²) in [7, 11) is 0. The fraction of sp³-hybridized carbons (Fsp3) is 0.474. The zero-order valence-corrected chi connectivity index (χ0v) is 14.4. The minimum Gasteiger partial charge on any atom is -0.347 e. The molecule has 2 aliphatic rings. The summed E-state index contributed by atoms with van der Waals surface area (Å²) in [4.78, 5) is 12.7. The molecule has 2 heterocycles. The van der Waals surface area contributed by atoms with Crippen LogP contribution in [0.3, 0.4) is 0 Å². The van der Waals surface area contributed by atoms with Crippen molar-refractivity contribution in [2.45, 2.75) is 45.1 Å². The van der Waals surface area contributed by atoms with E-state index < -0.39 is 0 Å². The van der Waals surface area contributed by atoms with Crippen LogP contribution in [-0.4, -0.2) is 34.8 Å². The molecule has 4 rings (SSSR count). The summed E-state index contributed by atoms with van der Waals surface area (Å²) < 4.78 is 16.0. The third-order valence-corrected chi connectivity index (χ3v) is 5.11. The number of benzene rings is 1. The Balaban J connectivity index is 1.66. The first kappa shape index (κ1) is 16.3. The molecular formula is C19H23FN4O. The number of carbonyl (C=O) groups excluding carboxylic acids is 1. The van der Waals surface area contributed by atoms with Crippen LogP contribution in [-0.2, 0) is 12.8 Å². The van der Waals surface area contributed by atoms with Crippen molar-refractivity contribution in [2.75, 3.05) is 13.1 Å². The SMILES string of the molecule is Cc1ccc(-n2nc(C(=O)NC3CCCNC3)c3c2CCC3)c(F)c1. The number of hydrogen-bond donors (Lipinski definition) is 2. The van der Waals surface area contributed by atoms with Crippen LogP contribution in [0.5, 0.6) is 0 Å². The lowest BCUT2D eigenvalue weighted by molar-refractivity contribution is 0.0924. The number of fused-ring (bicyclic) bond motifs is 1. The van der Waals surface area contributed by atoms with Crippen LogP contribution < -0.4 is 10.6 Å². The molecule has 2 N–H and O–H groups in total. The predicted octanol–water partition coefficient (Wildman–Crippen LogP) is 2.29. The molecule has 0 bridgehead atoms. The highest BCUT2D eigenvalue weighted by Gasteiger charge is 2.29. The van der Waals surface area contributed by atoms with E-state index >= 15 is 0 Å². The Morgan fingerprint density at radius 2 is 2.24 bits per heavy atom. The van der Waals surface area contributed by atoms with Gasteiger partial charge in [0, 0.05) is 23.8 Å². The monoisotopic (exact) mass is 342 g/mol. The van der Waals surface area contributed by atoms with Crippen molar-refractivity contribution >= 4 is 5.91 Å². The Labute approximate surface area is 146 Å². The van der Waals surface area contributed by atoms with Crippen LogP contribution in [0.2, 0.25) is 0 Å². The number of piperidine rings is 1. The Kier molecular flexibility index (Phi) is 4.29. The quantitative estimate of drug-likeness (QED) is 0.900. The number of carbonyl (C=O) groups is 1. The van der Waals surface area contributed by atoms with Gasteiger partial charge < -0.3 is 10.6 Å². The molecule has 1 unspecified atom stereocenters. The van der Waals surface area contributed by atoms with E-state index in [0.717, 1.165) is 62.0 Å². The van der Waals surface area contributed by atoms with Crippen LogP contribution in [0.25, 0.3) is 5.69 Å². The van der Waals surface area contributed by atoms with E-state index in [4.69, 9.17) is 0 Å². The highest BCUT2D eigenvalue weighted by Crippen LogP contribution is 2.29. The summed E-state index contributed by atoms with van der Waals surface area (Å²) in [6.07, 6.45) is 4.68. The highest BCUT2D eigenvalue weighted by molar-refractivity contribution is 5.94. The Morgan fingerprint density at radius 1 is 1.36 bits per heavy atom. The zero-order chi connectivity index (χ0) is 17.4. The van der Waals surface area contributed by atoms with Crippen LogP contribution in [0, 0.1) is 12.7 Å². The van der Waals surface area contributed by atoms with E-state index in [1.807, 2.05) is 13.0 Å². The summed E-state index contributed by atoms with van der Waals surface area (Å²) in [6.45, 7) is 3.65. The summed E-state index contributed by atoms with van der Waals surface area (Å²) in [5.74, 6) is -0.446. The van der Waals surface area contributed by atoms with Crippen molar-refractivity contribution in [3.8, 4) is 5.69 Å². The van der Waals surface area contributed by atoms with Gasteiger partial charge in [0.1, 0.15) is 11.5 Å². The smallest absolute Gasteiger partial charge is 0.272 e. The normalized spacial score (nSPS) is 19.7. The summed E-state index contributed by atoms with van der Waals surface area (Å²) >= 11 is 0. The molecule has 1 amide bonds. The van der Waals surface area contributed by atoms with E-state index in [0.29, 0.717) is 11.4 Å². The molecule has 1 aromatic heterocycles. The van der Waals surface area contributed by atoms with Gasteiger partial charge in [-0.15, -0.1) is 0 Å². The van der Waals surface area contributed by atoms with Gasteiger partial charge in [-0.25, -0.2) is 9.07 Å². The molecule has 0 spiro atoms. The maximum absolute atomic E-state index is 14.4. The van der Waals surface area contributed by atoms with Gasteiger partial charge in [0.2, 0.25) is 0 Å². The van der Waals surface area contributed by atoms with Crippen LogP contribution in [0.15, 0.2) is 18.2 Å². The first-order valence-corrected chi connectivity index (χ1v) is 9.02. The minimum absolute atomic E-state index is 0.138. The van der Waals surface area contributed by atoms with E-state index in [1.54, 1.807) is 10.7 Å². The first-order chi connectivity index (χ1) is 12.1. The average molecular weight is 342 g/mol. The lowest BCUT2D eigenvalue weighted by atomic mass is 10.1. The molecular weight excluding hydrogens is 319 g/mol. The fourth-order valence-corrected chi connectivity index (χ4v) is 3.83. The third-order valence-electron chi connectivity index (χ3n) is 5.11. The van der Waals surface area contributed by atoms with Crippen molar-refractivity contribution < 1.29 is 9.18 Å². The Morgan fingerprint density at radius 3 is 3.00 bits per heavy atom. The van der Waals surface area contributed by atoms with Gasteiger partial charge >= 0.3 is 0 Å². The Hall–Kier alpha value is -2.21. The van der Waals surface area contributed by atoms with Gasteiger partial charge in [0.15, 0.2) is 5.69 Å². The number of aryl methyl sites for hydroxylation is 1. The van der Waals surface area contributed by atoms with E-state index in [2.05, 4.69) is 15.7 Å². The van der Waals surface area contributed by atoms with Gasteiger partial charge in [0.05, 0.1) is 0 Å². The number of amides is 1. The molecule has 1 saturated heterocycles. The highest BCUT2D eigenvalue weighted by atomic mass is 19.1. The van der Waals surface area contributed by atoms with Gasteiger partial charge in [-0.1, -0.05) is 6.07 Å². The molecule has 6 heteroatoms. The first-order valence-electron chi connectivity index (χ1n) is 9.02. The van der Waals surface area contributed by atoms with Crippen molar-refractivity contribution in [3.05, 3.63) is 46.5 Å². The Bertz CT molecular complexity index is 808.